The molecule has 22 heavy (non-hydrogen) atoms. The van der Waals surface area contributed by atoms with Crippen molar-refractivity contribution in [2.45, 2.75) is 25.8 Å². The summed E-state index contributed by atoms with van der Waals surface area (Å²) in [5.74, 6) is 0.0420. The smallest absolute Gasteiger partial charge is 0.317 e. The van der Waals surface area contributed by atoms with E-state index in [1.807, 2.05) is 24.3 Å². The zero-order valence-corrected chi connectivity index (χ0v) is 12.8. The molecule has 1 atom stereocenters. The van der Waals surface area contributed by atoms with Gasteiger partial charge in [0.05, 0.1) is 0 Å². The molecule has 0 unspecified atom stereocenters. The molecule has 2 aromatic rings. The number of carbonyl (C=O) groups is 1. The number of amides is 1. The van der Waals surface area contributed by atoms with Crippen LogP contribution in [0.15, 0.2) is 48.7 Å². The SMILES string of the molecule is CC(C)c1ccc([C@H](N)CNC(=O)c2cccc[n+]2[O-])cc1. The second-order valence-corrected chi connectivity index (χ2v) is 5.55. The van der Waals surface area contributed by atoms with Gasteiger partial charge in [0.25, 0.3) is 5.69 Å². The van der Waals surface area contributed by atoms with Crippen LogP contribution in [0.25, 0.3) is 0 Å². The summed E-state index contributed by atoms with van der Waals surface area (Å²) in [6.45, 7) is 4.54. The van der Waals surface area contributed by atoms with E-state index in [1.54, 1.807) is 12.1 Å². The fraction of sp³-hybridized carbons (Fsp3) is 0.294. The molecule has 2 rings (SSSR count). The minimum absolute atomic E-state index is 0.0601. The predicted octanol–water partition coefficient (Wildman–Crippen LogP) is 1.87. The quantitative estimate of drug-likeness (QED) is 0.653. The van der Waals surface area contributed by atoms with Gasteiger partial charge in [0.1, 0.15) is 0 Å². The van der Waals surface area contributed by atoms with Gasteiger partial charge < -0.3 is 16.3 Å². The van der Waals surface area contributed by atoms with Gasteiger partial charge in [-0.15, -0.1) is 0 Å². The van der Waals surface area contributed by atoms with Crippen molar-refractivity contribution in [3.05, 3.63) is 70.7 Å². The first-order valence-electron chi connectivity index (χ1n) is 7.31. The zero-order valence-electron chi connectivity index (χ0n) is 12.8. The highest BCUT2D eigenvalue weighted by atomic mass is 16.5. The van der Waals surface area contributed by atoms with E-state index in [-0.39, 0.29) is 18.3 Å². The van der Waals surface area contributed by atoms with Crippen LogP contribution >= 0.6 is 0 Å². The molecule has 0 saturated carbocycles. The first-order valence-corrected chi connectivity index (χ1v) is 7.31. The van der Waals surface area contributed by atoms with Gasteiger partial charge >= 0.3 is 5.91 Å². The molecule has 1 aromatic carbocycles. The molecule has 0 spiro atoms. The van der Waals surface area contributed by atoms with E-state index in [0.717, 1.165) is 5.56 Å². The normalized spacial score (nSPS) is 12.2. The Morgan fingerprint density at radius 1 is 1.18 bits per heavy atom. The molecule has 0 aliphatic heterocycles. The minimum Gasteiger partial charge on any atom is -0.618 e. The first-order chi connectivity index (χ1) is 10.5. The number of carbonyl (C=O) groups excluding carboxylic acids is 1. The van der Waals surface area contributed by atoms with Crippen molar-refractivity contribution in [3.63, 3.8) is 0 Å². The maximum Gasteiger partial charge on any atom is 0.317 e. The lowest BCUT2D eigenvalue weighted by molar-refractivity contribution is -0.607. The Hall–Kier alpha value is -2.40. The van der Waals surface area contributed by atoms with Gasteiger partial charge in [0, 0.05) is 24.7 Å². The second kappa shape index (κ2) is 7.04. The van der Waals surface area contributed by atoms with Crippen LogP contribution in [-0.4, -0.2) is 12.5 Å². The molecule has 1 amide bonds. The fourth-order valence-electron chi connectivity index (χ4n) is 2.14. The standard InChI is InChI=1S/C17H21N3O2/c1-12(2)13-6-8-14(9-7-13)15(18)11-19-17(21)16-5-3-4-10-20(16)22/h3-10,12,15H,11,18H2,1-2H3,(H,19,21)/t15-/m1/s1. The van der Waals surface area contributed by atoms with Crippen LogP contribution in [0, 0.1) is 5.21 Å². The summed E-state index contributed by atoms with van der Waals surface area (Å²) in [6.07, 6.45) is 1.29. The number of rotatable bonds is 5. The van der Waals surface area contributed by atoms with Crippen LogP contribution in [0.3, 0.4) is 0 Å². The number of nitrogens with two attached hydrogens (primary N) is 1. The van der Waals surface area contributed by atoms with Gasteiger partial charge in [-0.1, -0.05) is 38.1 Å². The lowest BCUT2D eigenvalue weighted by Crippen LogP contribution is -2.41. The highest BCUT2D eigenvalue weighted by molar-refractivity contribution is 5.90. The third-order valence-electron chi connectivity index (χ3n) is 3.57. The summed E-state index contributed by atoms with van der Waals surface area (Å²) in [5, 5.41) is 14.2. The fourth-order valence-corrected chi connectivity index (χ4v) is 2.14. The summed E-state index contributed by atoms with van der Waals surface area (Å²) in [5.41, 5.74) is 8.34. The third kappa shape index (κ3) is 3.83. The number of benzene rings is 1. The van der Waals surface area contributed by atoms with E-state index >= 15 is 0 Å². The summed E-state index contributed by atoms with van der Waals surface area (Å²) in [6, 6.07) is 12.4. The highest BCUT2D eigenvalue weighted by Gasteiger charge is 2.16. The first kappa shape index (κ1) is 16.0. The molecule has 116 valence electrons. The molecule has 0 saturated heterocycles. The zero-order chi connectivity index (χ0) is 16.1. The number of hydrogen-bond acceptors (Lipinski definition) is 3. The van der Waals surface area contributed by atoms with Gasteiger partial charge in [0.15, 0.2) is 6.20 Å². The van der Waals surface area contributed by atoms with Crippen LogP contribution < -0.4 is 15.8 Å². The maximum absolute atomic E-state index is 12.0. The van der Waals surface area contributed by atoms with Gasteiger partial charge in [0.2, 0.25) is 0 Å². The van der Waals surface area contributed by atoms with Crippen molar-refractivity contribution in [1.82, 2.24) is 5.32 Å². The molecule has 1 aromatic heterocycles. The molecule has 0 aliphatic carbocycles. The van der Waals surface area contributed by atoms with Crippen molar-refractivity contribution in [3.8, 4) is 0 Å². The van der Waals surface area contributed by atoms with Crippen LogP contribution in [0.4, 0.5) is 0 Å². The predicted molar refractivity (Wildman–Crippen MR) is 85.2 cm³/mol. The molecule has 1 heterocycles. The summed E-state index contributed by atoms with van der Waals surface area (Å²) in [7, 11) is 0. The molecule has 0 aliphatic rings. The maximum atomic E-state index is 12.0. The Kier molecular flexibility index (Phi) is 5.12. The van der Waals surface area contributed by atoms with Crippen molar-refractivity contribution < 1.29 is 9.52 Å². The van der Waals surface area contributed by atoms with Crippen LogP contribution in [0.5, 0.6) is 0 Å². The Morgan fingerprint density at radius 2 is 1.82 bits per heavy atom. The largest absolute Gasteiger partial charge is 0.618 e. The summed E-state index contributed by atoms with van der Waals surface area (Å²) < 4.78 is 0.540. The molecule has 5 nitrogen and oxygen atoms in total. The number of pyridine rings is 1. The number of nitrogens with one attached hydrogen (secondary N) is 1. The number of nitrogens with zero attached hydrogens (tertiary/aromatic N) is 1. The Labute approximate surface area is 130 Å². The lowest BCUT2D eigenvalue weighted by Gasteiger charge is -2.14. The molecule has 0 fully saturated rings. The van der Waals surface area contributed by atoms with Gasteiger partial charge in [-0.25, -0.2) is 0 Å². The molecular weight excluding hydrogens is 278 g/mol. The van der Waals surface area contributed by atoms with Crippen LogP contribution in [0.1, 0.15) is 47.4 Å². The van der Waals surface area contributed by atoms with Crippen molar-refractivity contribution in [1.29, 1.82) is 0 Å². The lowest BCUT2D eigenvalue weighted by atomic mass is 9.99. The molecule has 0 radical (unpaired) electrons. The Morgan fingerprint density at radius 3 is 2.41 bits per heavy atom. The van der Waals surface area contributed by atoms with Crippen molar-refractivity contribution in [2.75, 3.05) is 6.54 Å². The van der Waals surface area contributed by atoms with Gasteiger partial charge in [-0.3, -0.25) is 4.79 Å². The monoisotopic (exact) mass is 299 g/mol. The van der Waals surface area contributed by atoms with E-state index in [9.17, 15) is 10.0 Å². The van der Waals surface area contributed by atoms with E-state index in [1.165, 1.54) is 17.8 Å². The minimum atomic E-state index is -0.426. The number of hydrogen-bond donors (Lipinski definition) is 2. The van der Waals surface area contributed by atoms with E-state index < -0.39 is 5.91 Å². The Bertz CT molecular complexity index is 639. The van der Waals surface area contributed by atoms with Gasteiger partial charge in [-0.2, -0.15) is 4.73 Å². The summed E-state index contributed by atoms with van der Waals surface area (Å²) >= 11 is 0. The molecule has 0 bridgehead atoms. The van der Waals surface area contributed by atoms with E-state index in [2.05, 4.69) is 19.2 Å². The topological polar surface area (TPSA) is 82.1 Å². The number of aromatic nitrogens is 1. The van der Waals surface area contributed by atoms with Crippen LogP contribution in [-0.2, 0) is 0 Å². The molecule has 5 heteroatoms. The second-order valence-electron chi connectivity index (χ2n) is 5.55. The molecular formula is C17H21N3O2. The van der Waals surface area contributed by atoms with E-state index in [4.69, 9.17) is 5.73 Å². The average molecular weight is 299 g/mol. The van der Waals surface area contributed by atoms with Gasteiger partial charge in [-0.05, 0) is 23.1 Å². The highest BCUT2D eigenvalue weighted by Crippen LogP contribution is 2.17. The summed E-state index contributed by atoms with van der Waals surface area (Å²) in [4.78, 5) is 12.0. The van der Waals surface area contributed by atoms with E-state index in [0.29, 0.717) is 10.6 Å². The van der Waals surface area contributed by atoms with Crippen molar-refractivity contribution in [2.24, 2.45) is 5.73 Å². The molecule has 3 N–H and O–H groups in total. The van der Waals surface area contributed by atoms with Crippen LogP contribution in [0.2, 0.25) is 0 Å². The average Bonchev–Trinajstić information content (AvgIpc) is 2.52. The van der Waals surface area contributed by atoms with Crippen molar-refractivity contribution >= 4 is 5.91 Å². The Balaban J connectivity index is 1.96. The third-order valence-corrected chi connectivity index (χ3v) is 3.57.